The van der Waals surface area contributed by atoms with Gasteiger partial charge in [-0.1, -0.05) is 54.6 Å². The highest BCUT2D eigenvalue weighted by molar-refractivity contribution is 6.08. The van der Waals surface area contributed by atoms with Crippen molar-refractivity contribution in [1.29, 1.82) is 0 Å². The van der Waals surface area contributed by atoms with Gasteiger partial charge in [0, 0.05) is 35.0 Å². The molecule has 4 atom stereocenters. The number of nitro groups is 1. The number of pyridine rings is 1. The Kier molecular flexibility index (Phi) is 7.11. The number of benzene rings is 3. The molecule has 11 heteroatoms. The Balaban J connectivity index is 1.37. The minimum Gasteiger partial charge on any atom is -0.496 e. The van der Waals surface area contributed by atoms with E-state index in [9.17, 15) is 24.8 Å². The summed E-state index contributed by atoms with van der Waals surface area (Å²) in [6.45, 7) is 0.0396. The Labute approximate surface area is 240 Å². The number of ether oxygens (including phenoxy) is 1. The second-order valence-corrected chi connectivity index (χ2v) is 10.1. The lowest BCUT2D eigenvalue weighted by Gasteiger charge is -2.40. The molecule has 0 aliphatic carbocycles. The summed E-state index contributed by atoms with van der Waals surface area (Å²) in [5.74, 6) is -1.15. The molecule has 2 N–H and O–H groups in total. The number of hydrazine groups is 1. The van der Waals surface area contributed by atoms with Crippen molar-refractivity contribution in [1.82, 2.24) is 14.9 Å². The van der Waals surface area contributed by atoms with E-state index in [0.717, 1.165) is 10.9 Å². The average molecular weight is 566 g/mol. The molecule has 1 fully saturated rings. The van der Waals surface area contributed by atoms with Crippen LogP contribution in [0.3, 0.4) is 0 Å². The van der Waals surface area contributed by atoms with Crippen molar-refractivity contribution in [3.63, 3.8) is 0 Å². The number of hydrogen-bond donors (Lipinski definition) is 2. The van der Waals surface area contributed by atoms with Gasteiger partial charge in [0.2, 0.25) is 11.8 Å². The number of rotatable bonds is 8. The number of hydrogen-bond acceptors (Lipinski definition) is 9. The van der Waals surface area contributed by atoms with Crippen LogP contribution >= 0.6 is 0 Å². The average Bonchev–Trinajstić information content (AvgIpc) is 3.26. The number of aliphatic hydroxyl groups excluding tert-OH is 1. The number of carbonyl (C=O) groups is 2. The maximum absolute atomic E-state index is 14.0. The lowest BCUT2D eigenvalue weighted by molar-refractivity contribution is -0.384. The van der Waals surface area contributed by atoms with Crippen LogP contribution in [0.4, 0.5) is 11.4 Å². The minimum absolute atomic E-state index is 0.0396. The van der Waals surface area contributed by atoms with Gasteiger partial charge in [-0.25, -0.2) is 5.01 Å². The highest BCUT2D eigenvalue weighted by atomic mass is 16.6. The first-order valence-corrected chi connectivity index (χ1v) is 13.3. The smallest absolute Gasteiger partial charge is 0.269 e. The maximum Gasteiger partial charge on any atom is 0.269 e. The third kappa shape index (κ3) is 4.74. The Bertz CT molecular complexity index is 1700. The van der Waals surface area contributed by atoms with Crippen LogP contribution in [0.2, 0.25) is 0 Å². The van der Waals surface area contributed by atoms with Crippen LogP contribution in [0.15, 0.2) is 97.2 Å². The van der Waals surface area contributed by atoms with E-state index in [1.807, 2.05) is 30.3 Å². The van der Waals surface area contributed by atoms with E-state index in [-0.39, 0.29) is 18.1 Å². The van der Waals surface area contributed by atoms with Crippen LogP contribution in [0, 0.1) is 16.0 Å². The normalized spacial score (nSPS) is 20.9. The third-order valence-electron chi connectivity index (χ3n) is 7.71. The van der Waals surface area contributed by atoms with E-state index in [2.05, 4.69) is 10.4 Å². The van der Waals surface area contributed by atoms with Gasteiger partial charge in [-0.2, -0.15) is 0 Å². The zero-order valence-corrected chi connectivity index (χ0v) is 22.5. The second kappa shape index (κ2) is 11.0. The van der Waals surface area contributed by atoms with Crippen LogP contribution in [0.25, 0.3) is 10.9 Å². The zero-order valence-electron chi connectivity index (χ0n) is 22.5. The number of methoxy groups -OCH3 is 1. The summed E-state index contributed by atoms with van der Waals surface area (Å²) in [7, 11) is 1.50. The van der Waals surface area contributed by atoms with E-state index >= 15 is 0 Å². The number of anilines is 1. The van der Waals surface area contributed by atoms with Crippen LogP contribution < -0.4 is 10.2 Å². The number of amides is 2. The number of aliphatic hydroxyl groups is 1. The molecule has 6 rings (SSSR count). The summed E-state index contributed by atoms with van der Waals surface area (Å²) < 4.78 is 5.47. The number of carbonyl (C=O) groups excluding carboxylic acids is 2. The molecule has 11 nitrogen and oxygen atoms in total. The topological polar surface area (TPSA) is 138 Å². The largest absolute Gasteiger partial charge is 0.496 e. The monoisotopic (exact) mass is 565 g/mol. The van der Waals surface area contributed by atoms with Gasteiger partial charge in [0.15, 0.2) is 0 Å². The van der Waals surface area contributed by atoms with Crippen molar-refractivity contribution < 1.29 is 24.4 Å². The van der Waals surface area contributed by atoms with Gasteiger partial charge in [0.1, 0.15) is 17.9 Å². The summed E-state index contributed by atoms with van der Waals surface area (Å²) >= 11 is 0. The Morgan fingerprint density at radius 1 is 1.00 bits per heavy atom. The summed E-state index contributed by atoms with van der Waals surface area (Å²) in [6.07, 6.45) is 3.89. The van der Waals surface area contributed by atoms with Gasteiger partial charge in [-0.15, -0.1) is 0 Å². The van der Waals surface area contributed by atoms with Gasteiger partial charge in [-0.05, 0) is 29.8 Å². The van der Waals surface area contributed by atoms with Crippen LogP contribution in [0.1, 0.15) is 17.2 Å². The molecule has 0 saturated carbocycles. The number of nitrogens with zero attached hydrogens (tertiary/aromatic N) is 4. The summed E-state index contributed by atoms with van der Waals surface area (Å²) in [6, 6.07) is 20.3. The van der Waals surface area contributed by atoms with Crippen molar-refractivity contribution in [3.8, 4) is 5.75 Å². The molecule has 3 aromatic carbocycles. The van der Waals surface area contributed by atoms with Crippen LogP contribution in [-0.2, 0) is 16.1 Å². The molecule has 212 valence electrons. The number of non-ortho nitro benzene ring substituents is 1. The van der Waals surface area contributed by atoms with E-state index in [0.29, 0.717) is 22.5 Å². The van der Waals surface area contributed by atoms with Crippen molar-refractivity contribution in [2.45, 2.75) is 24.7 Å². The maximum atomic E-state index is 14.0. The van der Waals surface area contributed by atoms with Crippen molar-refractivity contribution >= 4 is 34.1 Å². The highest BCUT2D eigenvalue weighted by Crippen LogP contribution is 2.39. The number of likely N-dealkylation sites (tertiary alicyclic amines) is 1. The molecular weight excluding hydrogens is 538 g/mol. The molecule has 0 spiro atoms. The van der Waals surface area contributed by atoms with E-state index in [4.69, 9.17) is 4.74 Å². The SMILES string of the molecule is COc1ccccc1[C@@H](O)C1C=C[C@H]2C(=O)N(Cc3cccc4cccnc34)C(=O)[C@H]2N1Nc1ccc([N+](=O)[O-])cc1. The first-order chi connectivity index (χ1) is 20.4. The third-order valence-corrected chi connectivity index (χ3v) is 7.71. The first-order valence-electron chi connectivity index (χ1n) is 13.3. The summed E-state index contributed by atoms with van der Waals surface area (Å²) in [5.41, 5.74) is 5.46. The predicted molar refractivity (Wildman–Crippen MR) is 154 cm³/mol. The van der Waals surface area contributed by atoms with E-state index in [1.165, 1.54) is 36.3 Å². The first kappa shape index (κ1) is 27.1. The molecule has 1 saturated heterocycles. The molecule has 2 aliphatic heterocycles. The van der Waals surface area contributed by atoms with Crippen molar-refractivity contribution in [2.24, 2.45) is 5.92 Å². The Morgan fingerprint density at radius 3 is 2.52 bits per heavy atom. The van der Waals surface area contributed by atoms with Crippen molar-refractivity contribution in [2.75, 3.05) is 12.5 Å². The molecular formula is C31H27N5O6. The fourth-order valence-corrected chi connectivity index (χ4v) is 5.65. The quantitative estimate of drug-likeness (QED) is 0.140. The number of nitro benzene ring substituents is 1. The molecule has 1 aromatic heterocycles. The van der Waals surface area contributed by atoms with Crippen LogP contribution in [0.5, 0.6) is 5.75 Å². The standard InChI is InChI=1S/C31H27N5O6/c1-42-26-10-3-2-9-23(26)29(37)25-16-15-24-28(35(25)33-21-11-13-22(14-12-21)36(40)41)31(39)34(30(24)38)18-20-7-4-6-19-8-5-17-32-27(19)20/h2-17,24-25,28-29,33,37H,18H2,1H3/t24-,25?,28+,29-/m1/s1. The molecule has 2 amide bonds. The zero-order chi connectivity index (χ0) is 29.4. The van der Waals surface area contributed by atoms with Crippen LogP contribution in [-0.4, -0.2) is 55.9 Å². The molecule has 0 bridgehead atoms. The molecule has 3 heterocycles. The second-order valence-electron chi connectivity index (χ2n) is 10.1. The Morgan fingerprint density at radius 2 is 1.76 bits per heavy atom. The number of para-hydroxylation sites is 2. The van der Waals surface area contributed by atoms with Gasteiger partial charge in [-0.3, -0.25) is 29.6 Å². The molecule has 1 unspecified atom stereocenters. The highest BCUT2D eigenvalue weighted by Gasteiger charge is 2.53. The minimum atomic E-state index is -1.15. The van der Waals surface area contributed by atoms with Crippen molar-refractivity contribution in [3.05, 3.63) is 118 Å². The Hall–Kier alpha value is -5.13. The molecule has 2 aliphatic rings. The van der Waals surface area contributed by atoms with E-state index in [1.54, 1.807) is 47.6 Å². The number of fused-ring (bicyclic) bond motifs is 2. The van der Waals surface area contributed by atoms with Gasteiger partial charge in [0.05, 0.1) is 36.1 Å². The number of aromatic nitrogens is 1. The van der Waals surface area contributed by atoms with Gasteiger partial charge in [0.25, 0.3) is 5.69 Å². The number of nitrogens with one attached hydrogen (secondary N) is 1. The van der Waals surface area contributed by atoms with E-state index < -0.39 is 34.9 Å². The fraction of sp³-hybridized carbons (Fsp3) is 0.194. The summed E-state index contributed by atoms with van der Waals surface area (Å²) in [4.78, 5) is 44.1. The number of imide groups is 1. The lowest BCUT2D eigenvalue weighted by Crippen LogP contribution is -2.55. The molecule has 42 heavy (non-hydrogen) atoms. The lowest BCUT2D eigenvalue weighted by atomic mass is 9.90. The summed E-state index contributed by atoms with van der Waals surface area (Å²) in [5, 5.41) is 25.2. The predicted octanol–water partition coefficient (Wildman–Crippen LogP) is 4.01. The van der Waals surface area contributed by atoms with Gasteiger partial charge >= 0.3 is 0 Å². The fourth-order valence-electron chi connectivity index (χ4n) is 5.65. The van der Waals surface area contributed by atoms with Gasteiger partial charge < -0.3 is 15.3 Å². The molecule has 4 aromatic rings. The molecule has 0 radical (unpaired) electrons.